The van der Waals surface area contributed by atoms with Gasteiger partial charge in [-0.05, 0) is 25.7 Å². The summed E-state index contributed by atoms with van der Waals surface area (Å²) in [7, 11) is 0. The van der Waals surface area contributed by atoms with Gasteiger partial charge in [-0.25, -0.2) is 4.98 Å². The summed E-state index contributed by atoms with van der Waals surface area (Å²) in [5.41, 5.74) is 1.45. The molecule has 0 spiro atoms. The van der Waals surface area contributed by atoms with Crippen LogP contribution in [0.25, 0.3) is 0 Å². The van der Waals surface area contributed by atoms with E-state index in [1.54, 1.807) is 11.3 Å². The largest absolute Gasteiger partial charge is 0.380 e. The third-order valence-corrected chi connectivity index (χ3v) is 5.91. The van der Waals surface area contributed by atoms with Crippen LogP contribution in [0.1, 0.15) is 23.5 Å². The van der Waals surface area contributed by atoms with Gasteiger partial charge in [0.2, 0.25) is 0 Å². The lowest BCUT2D eigenvalue weighted by molar-refractivity contribution is 0.0221. The topological polar surface area (TPSA) is 34.6 Å². The summed E-state index contributed by atoms with van der Waals surface area (Å²) in [6.07, 6.45) is 2.73. The molecule has 0 radical (unpaired) electrons. The van der Waals surface area contributed by atoms with Crippen molar-refractivity contribution >= 4 is 11.3 Å². The maximum Gasteiger partial charge on any atom is 0.0897 e. The number of aromatic nitrogens is 1. The van der Waals surface area contributed by atoms with Crippen molar-refractivity contribution in [2.24, 2.45) is 17.3 Å². The molecule has 116 valence electrons. The van der Waals surface area contributed by atoms with Gasteiger partial charge in [0.25, 0.3) is 0 Å². The molecule has 2 aliphatic heterocycles. The van der Waals surface area contributed by atoms with Gasteiger partial charge in [0.15, 0.2) is 0 Å². The smallest absolute Gasteiger partial charge is 0.0897 e. The van der Waals surface area contributed by atoms with E-state index in [1.165, 1.54) is 18.5 Å². The molecule has 0 amide bonds. The summed E-state index contributed by atoms with van der Waals surface area (Å²) < 4.78 is 11.8. The van der Waals surface area contributed by atoms with Gasteiger partial charge in [-0.3, -0.25) is 4.90 Å². The van der Waals surface area contributed by atoms with Crippen molar-refractivity contribution in [3.63, 3.8) is 0 Å². The van der Waals surface area contributed by atoms with Gasteiger partial charge < -0.3 is 9.47 Å². The van der Waals surface area contributed by atoms with E-state index in [1.807, 2.05) is 0 Å². The normalized spacial score (nSPS) is 32.7. The zero-order valence-electron chi connectivity index (χ0n) is 12.7. The number of hydrogen-bond acceptors (Lipinski definition) is 5. The molecule has 1 aliphatic carbocycles. The highest BCUT2D eigenvalue weighted by Crippen LogP contribution is 2.42. The quantitative estimate of drug-likeness (QED) is 0.808. The van der Waals surface area contributed by atoms with Crippen LogP contribution in [-0.2, 0) is 16.0 Å². The molecular formula is C16H24N2O2S. The first-order valence-electron chi connectivity index (χ1n) is 8.02. The molecule has 4 rings (SSSR count). The number of nitrogens with zero attached hydrogens (tertiary/aromatic N) is 2. The highest BCUT2D eigenvalue weighted by molar-refractivity contribution is 7.09. The molecule has 0 N–H and O–H groups in total. The van der Waals surface area contributed by atoms with Gasteiger partial charge >= 0.3 is 0 Å². The van der Waals surface area contributed by atoms with Crippen LogP contribution in [0.15, 0.2) is 5.38 Å². The standard InChI is InChI=1S/C16H24N2O2S/c1-12-17-15(8-21-12)5-18-4-14-7-20-11-16(14,9-18)10-19-6-13-2-3-13/h8,13-14H,2-7,9-11H2,1H3/t14-,16-/m0/s1. The van der Waals surface area contributed by atoms with Gasteiger partial charge in [0, 0.05) is 43.0 Å². The van der Waals surface area contributed by atoms with Gasteiger partial charge in [-0.1, -0.05) is 0 Å². The number of likely N-dealkylation sites (tertiary alicyclic amines) is 1. The Bertz CT molecular complexity index is 502. The second kappa shape index (κ2) is 5.61. The minimum Gasteiger partial charge on any atom is -0.380 e. The highest BCUT2D eigenvalue weighted by Gasteiger charge is 2.50. The molecule has 3 aliphatic rings. The zero-order valence-corrected chi connectivity index (χ0v) is 13.5. The van der Waals surface area contributed by atoms with Crippen LogP contribution in [0.4, 0.5) is 0 Å². The molecule has 3 fully saturated rings. The Morgan fingerprint density at radius 3 is 3.19 bits per heavy atom. The maximum absolute atomic E-state index is 6.03. The average Bonchev–Trinajstić information content (AvgIpc) is 2.90. The Kier molecular flexibility index (Phi) is 3.78. The van der Waals surface area contributed by atoms with Crippen molar-refractivity contribution < 1.29 is 9.47 Å². The van der Waals surface area contributed by atoms with Gasteiger partial charge in [-0.2, -0.15) is 0 Å². The molecule has 1 aromatic rings. The minimum absolute atomic E-state index is 0.236. The molecular weight excluding hydrogens is 284 g/mol. The summed E-state index contributed by atoms with van der Waals surface area (Å²) in [5, 5.41) is 3.35. The number of aryl methyl sites for hydroxylation is 1. The first kappa shape index (κ1) is 14.1. The minimum atomic E-state index is 0.236. The lowest BCUT2D eigenvalue weighted by Gasteiger charge is -2.27. The first-order valence-corrected chi connectivity index (χ1v) is 8.90. The zero-order chi connectivity index (χ0) is 14.3. The van der Waals surface area contributed by atoms with E-state index in [-0.39, 0.29) is 5.41 Å². The molecule has 5 heteroatoms. The van der Waals surface area contributed by atoms with Crippen LogP contribution in [0.2, 0.25) is 0 Å². The number of ether oxygens (including phenoxy) is 2. The summed E-state index contributed by atoms with van der Waals surface area (Å²) in [4.78, 5) is 7.14. The Hall–Kier alpha value is -0.490. The third kappa shape index (κ3) is 3.02. The van der Waals surface area contributed by atoms with Crippen LogP contribution in [0.5, 0.6) is 0 Å². The Morgan fingerprint density at radius 1 is 1.52 bits per heavy atom. The van der Waals surface area contributed by atoms with E-state index < -0.39 is 0 Å². The van der Waals surface area contributed by atoms with Crippen LogP contribution in [0, 0.1) is 24.2 Å². The van der Waals surface area contributed by atoms with Crippen molar-refractivity contribution in [1.29, 1.82) is 0 Å². The summed E-state index contributed by atoms with van der Waals surface area (Å²) in [6.45, 7) is 8.89. The van der Waals surface area contributed by atoms with Crippen LogP contribution in [0.3, 0.4) is 0 Å². The Morgan fingerprint density at radius 2 is 2.43 bits per heavy atom. The van der Waals surface area contributed by atoms with Crippen LogP contribution >= 0.6 is 11.3 Å². The van der Waals surface area contributed by atoms with Crippen LogP contribution in [-0.4, -0.2) is 49.4 Å². The van der Waals surface area contributed by atoms with E-state index in [4.69, 9.17) is 9.47 Å². The van der Waals surface area contributed by atoms with E-state index in [0.29, 0.717) is 5.92 Å². The summed E-state index contributed by atoms with van der Waals surface area (Å²) in [5.74, 6) is 1.48. The lowest BCUT2D eigenvalue weighted by atomic mass is 9.82. The second-order valence-electron chi connectivity index (χ2n) is 7.06. The average molecular weight is 308 g/mol. The lowest BCUT2D eigenvalue weighted by Crippen LogP contribution is -2.36. The number of hydrogen-bond donors (Lipinski definition) is 0. The van der Waals surface area contributed by atoms with E-state index in [0.717, 1.165) is 57.0 Å². The number of thiazole rings is 1. The molecule has 4 nitrogen and oxygen atoms in total. The predicted molar refractivity (Wildman–Crippen MR) is 82.4 cm³/mol. The SMILES string of the molecule is Cc1nc(CN2C[C@H]3COC[C@@]3(COCC3CC3)C2)cs1. The van der Waals surface area contributed by atoms with E-state index in [2.05, 4.69) is 22.2 Å². The maximum atomic E-state index is 6.03. The van der Waals surface area contributed by atoms with Crippen molar-refractivity contribution in [3.8, 4) is 0 Å². The Balaban J connectivity index is 1.36. The number of fused-ring (bicyclic) bond motifs is 1. The summed E-state index contributed by atoms with van der Waals surface area (Å²) >= 11 is 1.75. The molecule has 3 heterocycles. The molecule has 1 saturated carbocycles. The first-order chi connectivity index (χ1) is 10.2. The molecule has 0 bridgehead atoms. The van der Waals surface area contributed by atoms with Gasteiger partial charge in [0.05, 0.1) is 30.5 Å². The van der Waals surface area contributed by atoms with Crippen molar-refractivity contribution in [1.82, 2.24) is 9.88 Å². The molecule has 2 atom stereocenters. The van der Waals surface area contributed by atoms with Crippen LogP contribution < -0.4 is 0 Å². The van der Waals surface area contributed by atoms with E-state index >= 15 is 0 Å². The molecule has 0 aromatic carbocycles. The monoisotopic (exact) mass is 308 g/mol. The predicted octanol–water partition coefficient (Wildman–Crippen LogP) is 2.33. The van der Waals surface area contributed by atoms with E-state index in [9.17, 15) is 0 Å². The Labute approximate surface area is 130 Å². The fraction of sp³-hybridized carbons (Fsp3) is 0.812. The van der Waals surface area contributed by atoms with Crippen molar-refractivity contribution in [2.45, 2.75) is 26.3 Å². The molecule has 1 aromatic heterocycles. The van der Waals surface area contributed by atoms with Crippen molar-refractivity contribution in [3.05, 3.63) is 16.1 Å². The van der Waals surface area contributed by atoms with Gasteiger partial charge in [0.1, 0.15) is 0 Å². The highest BCUT2D eigenvalue weighted by atomic mass is 32.1. The summed E-state index contributed by atoms with van der Waals surface area (Å²) in [6, 6.07) is 0. The second-order valence-corrected chi connectivity index (χ2v) is 8.12. The molecule has 21 heavy (non-hydrogen) atoms. The molecule has 2 saturated heterocycles. The van der Waals surface area contributed by atoms with Gasteiger partial charge in [-0.15, -0.1) is 11.3 Å². The third-order valence-electron chi connectivity index (χ3n) is 5.08. The fourth-order valence-electron chi connectivity index (χ4n) is 3.69. The van der Waals surface area contributed by atoms with Crippen molar-refractivity contribution in [2.75, 3.05) is 39.5 Å². The number of rotatable bonds is 6. The fourth-order valence-corrected chi connectivity index (χ4v) is 4.29. The molecule has 0 unspecified atom stereocenters.